The lowest BCUT2D eigenvalue weighted by Gasteiger charge is -2.11. The summed E-state index contributed by atoms with van der Waals surface area (Å²) in [7, 11) is 0. The van der Waals surface area contributed by atoms with Gasteiger partial charge in [0.15, 0.2) is 12.4 Å². The Morgan fingerprint density at radius 2 is 1.73 bits per heavy atom. The zero-order valence-electron chi connectivity index (χ0n) is 13.9. The number of Topliss-reactive ketones (excluding diaryl/α,β-unsaturated/α-hetero) is 1. The number of halogens is 2. The van der Waals surface area contributed by atoms with Crippen LogP contribution in [0.5, 0.6) is 5.75 Å². The first-order chi connectivity index (χ1) is 12.4. The number of carbonyl (C=O) groups excluding carboxylic acids is 2. The van der Waals surface area contributed by atoms with Crippen molar-refractivity contribution in [3.05, 3.63) is 69.1 Å². The third-order valence-electron chi connectivity index (χ3n) is 3.81. The molecule has 0 aliphatic rings. The summed E-state index contributed by atoms with van der Waals surface area (Å²) in [5.41, 5.74) is 1.22. The summed E-state index contributed by atoms with van der Waals surface area (Å²) in [5, 5.41) is 4.81. The maximum atomic E-state index is 12.1. The minimum Gasteiger partial charge on any atom is -0.483 e. The van der Waals surface area contributed by atoms with Crippen molar-refractivity contribution in [1.29, 1.82) is 0 Å². The van der Waals surface area contributed by atoms with Gasteiger partial charge in [-0.2, -0.15) is 0 Å². The lowest BCUT2D eigenvalue weighted by molar-refractivity contribution is -0.118. The van der Waals surface area contributed by atoms with Crippen LogP contribution in [0.3, 0.4) is 0 Å². The van der Waals surface area contributed by atoms with E-state index < -0.39 is 0 Å². The van der Waals surface area contributed by atoms with E-state index in [1.54, 1.807) is 24.3 Å². The molecule has 0 aromatic heterocycles. The SMILES string of the molecule is CC(=O)c1ccc(NC(=O)COc2ccc3cc(Br)ccc3c2Br)cc1. The molecule has 0 aliphatic carbocycles. The molecule has 0 spiro atoms. The Morgan fingerprint density at radius 1 is 1.00 bits per heavy atom. The van der Waals surface area contributed by atoms with E-state index >= 15 is 0 Å². The molecule has 3 aromatic rings. The zero-order chi connectivity index (χ0) is 18.7. The molecule has 3 rings (SSSR count). The van der Waals surface area contributed by atoms with Crippen LogP contribution in [0.25, 0.3) is 10.8 Å². The second kappa shape index (κ2) is 8.01. The summed E-state index contributed by atoms with van der Waals surface area (Å²) in [4.78, 5) is 23.4. The highest BCUT2D eigenvalue weighted by atomic mass is 79.9. The smallest absolute Gasteiger partial charge is 0.262 e. The Labute approximate surface area is 167 Å². The van der Waals surface area contributed by atoms with Crippen LogP contribution < -0.4 is 10.1 Å². The van der Waals surface area contributed by atoms with Gasteiger partial charge in [-0.15, -0.1) is 0 Å². The fourth-order valence-electron chi connectivity index (χ4n) is 2.48. The molecular weight excluding hydrogens is 462 g/mol. The monoisotopic (exact) mass is 475 g/mol. The van der Waals surface area contributed by atoms with Gasteiger partial charge in [-0.3, -0.25) is 9.59 Å². The fourth-order valence-corrected chi connectivity index (χ4v) is 3.47. The van der Waals surface area contributed by atoms with Crippen molar-refractivity contribution in [1.82, 2.24) is 0 Å². The van der Waals surface area contributed by atoms with E-state index in [1.165, 1.54) is 6.92 Å². The molecule has 0 fully saturated rings. The topological polar surface area (TPSA) is 55.4 Å². The number of ether oxygens (including phenoxy) is 1. The van der Waals surface area contributed by atoms with Gasteiger partial charge in [0.1, 0.15) is 5.75 Å². The molecule has 132 valence electrons. The first-order valence-corrected chi connectivity index (χ1v) is 9.44. The average Bonchev–Trinajstić information content (AvgIpc) is 2.61. The Kier molecular flexibility index (Phi) is 5.74. The Bertz CT molecular complexity index is 984. The fraction of sp³-hybridized carbons (Fsp3) is 0.100. The molecule has 0 atom stereocenters. The summed E-state index contributed by atoms with van der Waals surface area (Å²) >= 11 is 6.99. The van der Waals surface area contributed by atoms with E-state index in [2.05, 4.69) is 37.2 Å². The molecule has 4 nitrogen and oxygen atoms in total. The van der Waals surface area contributed by atoms with Gasteiger partial charge in [-0.1, -0.05) is 28.1 Å². The van der Waals surface area contributed by atoms with Gasteiger partial charge in [0.25, 0.3) is 5.91 Å². The standard InChI is InChI=1S/C20H15Br2NO3/c1-12(24)13-2-6-16(7-3-13)23-19(25)11-26-18-9-4-14-10-15(21)5-8-17(14)20(18)22/h2-10H,11H2,1H3,(H,23,25). The minimum absolute atomic E-state index is 0.0145. The predicted octanol–water partition coefficient (Wildman–Crippen LogP) is 5.58. The molecule has 0 radical (unpaired) electrons. The molecule has 26 heavy (non-hydrogen) atoms. The van der Waals surface area contributed by atoms with E-state index in [0.717, 1.165) is 19.7 Å². The highest BCUT2D eigenvalue weighted by molar-refractivity contribution is 9.11. The van der Waals surface area contributed by atoms with Gasteiger partial charge in [0.2, 0.25) is 0 Å². The summed E-state index contributed by atoms with van der Waals surface area (Å²) in [6, 6.07) is 16.5. The molecule has 1 amide bonds. The third kappa shape index (κ3) is 4.31. The average molecular weight is 477 g/mol. The van der Waals surface area contributed by atoms with Crippen LogP contribution in [0.15, 0.2) is 63.5 Å². The van der Waals surface area contributed by atoms with Crippen LogP contribution in [0.1, 0.15) is 17.3 Å². The van der Waals surface area contributed by atoms with Crippen molar-refractivity contribution in [2.24, 2.45) is 0 Å². The van der Waals surface area contributed by atoms with E-state index in [9.17, 15) is 9.59 Å². The van der Waals surface area contributed by atoms with Gasteiger partial charge in [0, 0.05) is 15.7 Å². The third-order valence-corrected chi connectivity index (χ3v) is 5.13. The highest BCUT2D eigenvalue weighted by Gasteiger charge is 2.10. The van der Waals surface area contributed by atoms with Crippen LogP contribution in [-0.2, 0) is 4.79 Å². The van der Waals surface area contributed by atoms with Crippen molar-refractivity contribution < 1.29 is 14.3 Å². The van der Waals surface area contributed by atoms with Gasteiger partial charge in [-0.25, -0.2) is 0 Å². The maximum Gasteiger partial charge on any atom is 0.262 e. The Hall–Kier alpha value is -2.18. The molecule has 1 N–H and O–H groups in total. The Morgan fingerprint density at radius 3 is 2.42 bits per heavy atom. The number of fused-ring (bicyclic) bond motifs is 1. The second-order valence-electron chi connectivity index (χ2n) is 5.71. The molecule has 0 heterocycles. The molecule has 0 saturated heterocycles. The minimum atomic E-state index is -0.275. The highest BCUT2D eigenvalue weighted by Crippen LogP contribution is 2.34. The molecule has 0 bridgehead atoms. The lowest BCUT2D eigenvalue weighted by Crippen LogP contribution is -2.20. The van der Waals surface area contributed by atoms with Gasteiger partial charge < -0.3 is 10.1 Å². The van der Waals surface area contributed by atoms with Crippen LogP contribution in [0.4, 0.5) is 5.69 Å². The van der Waals surface area contributed by atoms with E-state index in [-0.39, 0.29) is 18.3 Å². The summed E-state index contributed by atoms with van der Waals surface area (Å²) in [6.45, 7) is 1.39. The maximum absolute atomic E-state index is 12.1. The molecule has 0 aliphatic heterocycles. The van der Waals surface area contributed by atoms with Crippen LogP contribution in [-0.4, -0.2) is 18.3 Å². The number of amides is 1. The van der Waals surface area contributed by atoms with Crippen LogP contribution in [0, 0.1) is 0 Å². The predicted molar refractivity (Wildman–Crippen MR) is 110 cm³/mol. The molecule has 6 heteroatoms. The molecule has 0 saturated carbocycles. The number of anilines is 1. The number of benzene rings is 3. The summed E-state index contributed by atoms with van der Waals surface area (Å²) in [6.07, 6.45) is 0. The summed E-state index contributed by atoms with van der Waals surface area (Å²) < 4.78 is 7.45. The first-order valence-electron chi connectivity index (χ1n) is 7.85. The van der Waals surface area contributed by atoms with Crippen molar-refractivity contribution in [2.45, 2.75) is 6.92 Å². The number of rotatable bonds is 5. The summed E-state index contributed by atoms with van der Waals surface area (Å²) in [5.74, 6) is 0.310. The van der Waals surface area contributed by atoms with Gasteiger partial charge in [0.05, 0.1) is 4.47 Å². The number of hydrogen-bond acceptors (Lipinski definition) is 3. The van der Waals surface area contributed by atoms with Gasteiger partial charge in [-0.05, 0) is 76.1 Å². The molecule has 0 unspecified atom stereocenters. The van der Waals surface area contributed by atoms with E-state index in [0.29, 0.717) is 17.0 Å². The second-order valence-corrected chi connectivity index (χ2v) is 7.42. The number of ketones is 1. The van der Waals surface area contributed by atoms with Crippen molar-refractivity contribution in [3.8, 4) is 5.75 Å². The lowest BCUT2D eigenvalue weighted by atomic mass is 10.1. The normalized spacial score (nSPS) is 10.6. The van der Waals surface area contributed by atoms with Crippen molar-refractivity contribution in [2.75, 3.05) is 11.9 Å². The van der Waals surface area contributed by atoms with Crippen LogP contribution >= 0.6 is 31.9 Å². The van der Waals surface area contributed by atoms with Crippen molar-refractivity contribution in [3.63, 3.8) is 0 Å². The quantitative estimate of drug-likeness (QED) is 0.488. The zero-order valence-corrected chi connectivity index (χ0v) is 17.1. The van der Waals surface area contributed by atoms with Crippen LogP contribution in [0.2, 0.25) is 0 Å². The number of nitrogens with one attached hydrogen (secondary N) is 1. The van der Waals surface area contributed by atoms with E-state index in [4.69, 9.17) is 4.74 Å². The largest absolute Gasteiger partial charge is 0.483 e. The van der Waals surface area contributed by atoms with Crippen molar-refractivity contribution >= 4 is 60.0 Å². The first kappa shape index (κ1) is 18.6. The molecule has 3 aromatic carbocycles. The Balaban J connectivity index is 1.65. The molecular formula is C20H15Br2NO3. The number of hydrogen-bond donors (Lipinski definition) is 1. The van der Waals surface area contributed by atoms with Gasteiger partial charge >= 0.3 is 0 Å². The van der Waals surface area contributed by atoms with E-state index in [1.807, 2.05) is 30.3 Å². The number of carbonyl (C=O) groups is 2.